The van der Waals surface area contributed by atoms with Gasteiger partial charge in [-0.25, -0.2) is 0 Å². The molecule has 0 aromatic carbocycles. The molecule has 0 aliphatic rings. The Balaban J connectivity index is 0.000000640. The molecule has 9 heavy (non-hydrogen) atoms. The molecule has 3 nitrogen and oxygen atoms in total. The molecule has 0 aliphatic carbocycles. The quantitative estimate of drug-likeness (QED) is 0.610. The Hall–Kier alpha value is 0.0744. The molecule has 1 aromatic rings. The number of aryl methyl sites for hydroxylation is 1. The topological polar surface area (TPSA) is 38.7 Å². The smallest absolute Gasteiger partial charge is 0.367 e. The summed E-state index contributed by atoms with van der Waals surface area (Å²) in [5, 5.41) is 7.09. The molecular formula is C4H3BrN3V+. The van der Waals surface area contributed by atoms with Crippen molar-refractivity contribution in [3.8, 4) is 0 Å². The van der Waals surface area contributed by atoms with Crippen LogP contribution < -0.4 is 0 Å². The van der Waals surface area contributed by atoms with E-state index in [1.165, 1.54) is 0 Å². The Morgan fingerprint density at radius 2 is 2.22 bits per heavy atom. The van der Waals surface area contributed by atoms with Crippen molar-refractivity contribution in [1.29, 1.82) is 0 Å². The Morgan fingerprint density at radius 1 is 1.56 bits per heavy atom. The van der Waals surface area contributed by atoms with Crippen LogP contribution in [0.15, 0.2) is 4.60 Å². The summed E-state index contributed by atoms with van der Waals surface area (Å²) in [4.78, 5) is 3.86. The van der Waals surface area contributed by atoms with E-state index in [0.717, 1.165) is 0 Å². The van der Waals surface area contributed by atoms with Crippen LogP contribution in [0, 0.1) is 13.1 Å². The summed E-state index contributed by atoms with van der Waals surface area (Å²) >= 11 is 3.09. The molecule has 0 amide bonds. The van der Waals surface area contributed by atoms with Gasteiger partial charge in [-0.2, -0.15) is 5.10 Å². The summed E-state index contributed by atoms with van der Waals surface area (Å²) in [5.74, 6) is 0.649. The van der Waals surface area contributed by atoms with Gasteiger partial charge in [-0.3, -0.25) is 4.98 Å². The average Bonchev–Trinajstić information content (AvgIpc) is 1.64. The van der Waals surface area contributed by atoms with Crippen molar-refractivity contribution < 1.29 is 18.6 Å². The van der Waals surface area contributed by atoms with Crippen molar-refractivity contribution in [2.45, 2.75) is 6.92 Å². The van der Waals surface area contributed by atoms with Crippen molar-refractivity contribution >= 4 is 15.9 Å². The van der Waals surface area contributed by atoms with Gasteiger partial charge in [0.05, 0.1) is 0 Å². The minimum absolute atomic E-state index is 0. The molecule has 0 saturated heterocycles. The van der Waals surface area contributed by atoms with Crippen molar-refractivity contribution in [2.24, 2.45) is 0 Å². The maximum absolute atomic E-state index is 3.86. The van der Waals surface area contributed by atoms with E-state index >= 15 is 0 Å². The predicted octanol–water partition coefficient (Wildman–Crippen LogP) is 0.740. The predicted molar refractivity (Wildman–Crippen MR) is 31.1 cm³/mol. The molecule has 0 spiro atoms. The van der Waals surface area contributed by atoms with E-state index in [2.05, 4.69) is 37.3 Å². The number of hydrogen-bond acceptors (Lipinski definition) is 3. The van der Waals surface area contributed by atoms with Gasteiger partial charge < -0.3 is 11.3 Å². The fourth-order valence-corrected chi connectivity index (χ4v) is 0.664. The molecule has 1 radical (unpaired) electrons. The maximum Gasteiger partial charge on any atom is 2.00 e. The fraction of sp³-hybridized carbons (Fsp3) is 0.250. The minimum Gasteiger partial charge on any atom is -0.367 e. The van der Waals surface area contributed by atoms with Gasteiger partial charge in [0.25, 0.3) is 0 Å². The first-order valence-corrected chi connectivity index (χ1v) is 2.83. The third kappa shape index (κ3) is 2.94. The molecule has 1 rings (SSSR count). The fourth-order valence-electron chi connectivity index (χ4n) is 0.328. The van der Waals surface area contributed by atoms with Crippen LogP contribution in [0.25, 0.3) is 0 Å². The largest absolute Gasteiger partial charge is 2.00 e. The van der Waals surface area contributed by atoms with Crippen LogP contribution in [-0.4, -0.2) is 15.2 Å². The summed E-state index contributed by atoms with van der Waals surface area (Å²) in [6.45, 7) is 1.77. The summed E-state index contributed by atoms with van der Waals surface area (Å²) in [5.41, 5.74) is 0. The van der Waals surface area contributed by atoms with Crippen LogP contribution in [0.4, 0.5) is 0 Å². The normalized spacial score (nSPS) is 8.22. The van der Waals surface area contributed by atoms with E-state index in [1.807, 2.05) is 0 Å². The van der Waals surface area contributed by atoms with E-state index in [-0.39, 0.29) is 18.6 Å². The zero-order valence-electron chi connectivity index (χ0n) is 4.67. The van der Waals surface area contributed by atoms with E-state index in [0.29, 0.717) is 10.4 Å². The molecule has 0 N–H and O–H groups in total. The second kappa shape index (κ2) is 3.98. The summed E-state index contributed by atoms with van der Waals surface area (Å²) in [7, 11) is 0. The Kier molecular flexibility index (Phi) is 4.01. The molecular weight excluding hydrogens is 221 g/mol. The summed E-state index contributed by atoms with van der Waals surface area (Å²) < 4.78 is 0.602. The number of aromatic nitrogens is 3. The van der Waals surface area contributed by atoms with Gasteiger partial charge in [0.1, 0.15) is 5.82 Å². The number of hydrogen-bond donors (Lipinski definition) is 0. The Bertz CT molecular complexity index is 176. The number of nitrogens with zero attached hydrogens (tertiary/aromatic N) is 3. The van der Waals surface area contributed by atoms with E-state index < -0.39 is 0 Å². The molecule has 1 heterocycles. The molecule has 0 atom stereocenters. The van der Waals surface area contributed by atoms with E-state index in [9.17, 15) is 0 Å². The van der Waals surface area contributed by atoms with Crippen LogP contribution in [0.3, 0.4) is 0 Å². The van der Waals surface area contributed by atoms with E-state index in [1.54, 1.807) is 6.92 Å². The molecule has 0 aliphatic heterocycles. The van der Waals surface area contributed by atoms with Crippen molar-refractivity contribution in [3.05, 3.63) is 16.6 Å². The van der Waals surface area contributed by atoms with E-state index in [4.69, 9.17) is 0 Å². The maximum atomic E-state index is 3.86. The summed E-state index contributed by atoms with van der Waals surface area (Å²) in [6.07, 6.45) is 2.52. The Labute approximate surface area is 73.3 Å². The average molecular weight is 224 g/mol. The number of rotatable bonds is 0. The molecule has 0 fully saturated rings. The molecule has 0 bridgehead atoms. The third-order valence-corrected chi connectivity index (χ3v) is 0.952. The first-order valence-electron chi connectivity index (χ1n) is 2.03. The first kappa shape index (κ1) is 9.07. The molecule has 0 saturated carbocycles. The zero-order chi connectivity index (χ0) is 5.98. The van der Waals surface area contributed by atoms with Gasteiger partial charge in [0.2, 0.25) is 0 Å². The van der Waals surface area contributed by atoms with Crippen LogP contribution in [0.2, 0.25) is 0 Å². The van der Waals surface area contributed by atoms with Crippen LogP contribution in [0.1, 0.15) is 5.82 Å². The molecule has 1 aromatic heterocycles. The monoisotopic (exact) mass is 223 g/mol. The molecule has 0 unspecified atom stereocenters. The van der Waals surface area contributed by atoms with Gasteiger partial charge in [-0.1, -0.05) is 20.5 Å². The van der Waals surface area contributed by atoms with Crippen LogP contribution >= 0.6 is 15.9 Å². The van der Waals surface area contributed by atoms with Crippen molar-refractivity contribution in [3.63, 3.8) is 0 Å². The zero-order valence-corrected chi connectivity index (χ0v) is 7.65. The van der Waals surface area contributed by atoms with Crippen molar-refractivity contribution in [2.75, 3.05) is 0 Å². The van der Waals surface area contributed by atoms with Gasteiger partial charge >= 0.3 is 18.6 Å². The van der Waals surface area contributed by atoms with Gasteiger partial charge in [-0.05, 0) is 6.92 Å². The van der Waals surface area contributed by atoms with Gasteiger partial charge in [-0.15, -0.1) is 0 Å². The van der Waals surface area contributed by atoms with Crippen LogP contribution in [-0.2, 0) is 18.6 Å². The van der Waals surface area contributed by atoms with Crippen LogP contribution in [0.5, 0.6) is 0 Å². The van der Waals surface area contributed by atoms with Gasteiger partial charge in [0.15, 0.2) is 0 Å². The summed E-state index contributed by atoms with van der Waals surface area (Å²) in [6, 6.07) is 0. The number of halogens is 1. The molecule has 45 valence electrons. The second-order valence-electron chi connectivity index (χ2n) is 1.26. The molecule has 5 heteroatoms. The third-order valence-electron chi connectivity index (χ3n) is 0.597. The first-order chi connectivity index (χ1) is 3.79. The SMILES string of the molecule is Cc1nn[c-]c(Br)n1.[V+2]. The Morgan fingerprint density at radius 3 is 2.56 bits per heavy atom. The van der Waals surface area contributed by atoms with Crippen molar-refractivity contribution in [1.82, 2.24) is 15.2 Å². The minimum atomic E-state index is 0. The second-order valence-corrected chi connectivity index (χ2v) is 2.01. The van der Waals surface area contributed by atoms with Gasteiger partial charge in [0, 0.05) is 0 Å². The standard InChI is InChI=1S/C4H3BrN3.V/c1-3-7-4(5)2-6-8-3;/h1H3;/q-1;+2.